The van der Waals surface area contributed by atoms with Crippen molar-refractivity contribution in [1.82, 2.24) is 4.90 Å². The van der Waals surface area contributed by atoms with Crippen LogP contribution in [0, 0.1) is 5.82 Å². The van der Waals surface area contributed by atoms with Crippen molar-refractivity contribution in [2.24, 2.45) is 0 Å². The van der Waals surface area contributed by atoms with Gasteiger partial charge < -0.3 is 9.64 Å². The summed E-state index contributed by atoms with van der Waals surface area (Å²) in [5.41, 5.74) is 2.07. The molecule has 2 amide bonds. The van der Waals surface area contributed by atoms with Crippen LogP contribution in [0.3, 0.4) is 0 Å². The van der Waals surface area contributed by atoms with Crippen LogP contribution in [-0.4, -0.2) is 30.9 Å². The highest BCUT2D eigenvalue weighted by Crippen LogP contribution is 2.39. The van der Waals surface area contributed by atoms with Crippen molar-refractivity contribution in [3.63, 3.8) is 0 Å². The van der Waals surface area contributed by atoms with Gasteiger partial charge in [0.1, 0.15) is 17.3 Å². The van der Waals surface area contributed by atoms with Crippen LogP contribution in [0.1, 0.15) is 11.1 Å². The molecule has 0 unspecified atom stereocenters. The Bertz CT molecular complexity index is 1210. The monoisotopic (exact) mass is 450 g/mol. The summed E-state index contributed by atoms with van der Waals surface area (Å²) in [7, 11) is 3.20. The van der Waals surface area contributed by atoms with Crippen LogP contribution in [0.15, 0.2) is 78.5 Å². The molecule has 0 bridgehead atoms. The molecular formula is C25H20ClFN2O3. The van der Waals surface area contributed by atoms with Crippen molar-refractivity contribution in [2.75, 3.05) is 19.1 Å². The Kier molecular flexibility index (Phi) is 5.97. The Labute approximate surface area is 190 Å². The first-order valence-electron chi connectivity index (χ1n) is 9.88. The minimum atomic E-state index is -0.530. The largest absolute Gasteiger partial charge is 0.495 e. The van der Waals surface area contributed by atoms with Crippen LogP contribution in [0.5, 0.6) is 5.75 Å². The fraction of sp³-hybridized carbons (Fsp3) is 0.120. The Hall–Kier alpha value is -3.64. The van der Waals surface area contributed by atoms with Gasteiger partial charge in [-0.05, 0) is 41.5 Å². The molecule has 0 atom stereocenters. The molecule has 4 rings (SSSR count). The Morgan fingerprint density at radius 2 is 1.66 bits per heavy atom. The summed E-state index contributed by atoms with van der Waals surface area (Å²) in [5, 5.41) is 0.357. The number of amides is 2. The van der Waals surface area contributed by atoms with E-state index in [1.54, 1.807) is 24.1 Å². The third-order valence-corrected chi connectivity index (χ3v) is 5.45. The smallest absolute Gasteiger partial charge is 0.282 e. The van der Waals surface area contributed by atoms with Gasteiger partial charge in [-0.3, -0.25) is 9.59 Å². The van der Waals surface area contributed by atoms with Gasteiger partial charge in [-0.2, -0.15) is 0 Å². The standard InChI is InChI=1S/C25H20ClFN2O3/c1-28(15-16-6-4-3-5-7-16)23-22(17-8-11-19(27)12-9-17)24(30)29(25(23)31)20-14-18(26)10-13-21(20)32-2/h3-14H,15H2,1-2H3. The van der Waals surface area contributed by atoms with Crippen LogP contribution >= 0.6 is 11.6 Å². The molecule has 0 saturated heterocycles. The summed E-state index contributed by atoms with van der Waals surface area (Å²) in [6.45, 7) is 0.403. The molecular weight excluding hydrogens is 431 g/mol. The van der Waals surface area contributed by atoms with Gasteiger partial charge in [-0.15, -0.1) is 0 Å². The second-order valence-electron chi connectivity index (χ2n) is 7.33. The summed E-state index contributed by atoms with van der Waals surface area (Å²) in [6, 6.07) is 19.8. The van der Waals surface area contributed by atoms with E-state index < -0.39 is 17.6 Å². The van der Waals surface area contributed by atoms with E-state index >= 15 is 0 Å². The quantitative estimate of drug-likeness (QED) is 0.501. The topological polar surface area (TPSA) is 49.9 Å². The van der Waals surface area contributed by atoms with Crippen LogP contribution in [0.2, 0.25) is 5.02 Å². The van der Waals surface area contributed by atoms with E-state index in [2.05, 4.69) is 0 Å². The van der Waals surface area contributed by atoms with Crippen molar-refractivity contribution in [1.29, 1.82) is 0 Å². The summed E-state index contributed by atoms with van der Waals surface area (Å²) in [6.07, 6.45) is 0. The second kappa shape index (κ2) is 8.85. The van der Waals surface area contributed by atoms with E-state index in [1.807, 2.05) is 30.3 Å². The van der Waals surface area contributed by atoms with Gasteiger partial charge in [0.15, 0.2) is 0 Å². The normalized spacial score (nSPS) is 13.7. The van der Waals surface area contributed by atoms with Crippen LogP contribution in [0.25, 0.3) is 5.57 Å². The van der Waals surface area contributed by atoms with Gasteiger partial charge in [-0.1, -0.05) is 54.1 Å². The third-order valence-electron chi connectivity index (χ3n) is 5.22. The SMILES string of the molecule is COc1ccc(Cl)cc1N1C(=O)C(c2ccc(F)cc2)=C(N(C)Cc2ccccc2)C1=O. The average molecular weight is 451 g/mol. The molecule has 0 aliphatic carbocycles. The van der Waals surface area contributed by atoms with E-state index in [-0.39, 0.29) is 17.0 Å². The molecule has 3 aromatic rings. The number of methoxy groups -OCH3 is 1. The van der Waals surface area contributed by atoms with Gasteiger partial charge in [0.25, 0.3) is 11.8 Å². The highest BCUT2D eigenvalue weighted by Gasteiger charge is 2.42. The first-order valence-corrected chi connectivity index (χ1v) is 10.3. The molecule has 0 spiro atoms. The molecule has 32 heavy (non-hydrogen) atoms. The fourth-order valence-electron chi connectivity index (χ4n) is 3.74. The van der Waals surface area contributed by atoms with Gasteiger partial charge in [0, 0.05) is 18.6 Å². The molecule has 3 aromatic carbocycles. The van der Waals surface area contributed by atoms with Crippen molar-refractivity contribution in [3.05, 3.63) is 100 Å². The van der Waals surface area contributed by atoms with Gasteiger partial charge in [0.2, 0.25) is 0 Å². The van der Waals surface area contributed by atoms with E-state index in [0.29, 0.717) is 22.9 Å². The molecule has 5 nitrogen and oxygen atoms in total. The van der Waals surface area contributed by atoms with E-state index in [9.17, 15) is 14.0 Å². The summed E-state index contributed by atoms with van der Waals surface area (Å²) in [4.78, 5) is 30.0. The number of anilines is 1. The zero-order chi connectivity index (χ0) is 22.8. The average Bonchev–Trinajstić information content (AvgIpc) is 3.05. The minimum absolute atomic E-state index is 0.190. The molecule has 1 heterocycles. The molecule has 7 heteroatoms. The number of imide groups is 1. The Morgan fingerprint density at radius 1 is 0.969 bits per heavy atom. The van der Waals surface area contributed by atoms with Crippen LogP contribution in [0.4, 0.5) is 10.1 Å². The molecule has 1 aliphatic rings. The number of benzene rings is 3. The van der Waals surface area contributed by atoms with E-state index in [0.717, 1.165) is 10.5 Å². The second-order valence-corrected chi connectivity index (χ2v) is 7.77. The molecule has 0 N–H and O–H groups in total. The third kappa shape index (κ3) is 3.97. The van der Waals surface area contributed by atoms with Crippen molar-refractivity contribution in [2.45, 2.75) is 6.54 Å². The maximum absolute atomic E-state index is 13.6. The van der Waals surface area contributed by atoms with Crippen LogP contribution in [-0.2, 0) is 16.1 Å². The van der Waals surface area contributed by atoms with Crippen molar-refractivity contribution < 1.29 is 18.7 Å². The maximum Gasteiger partial charge on any atom is 0.282 e. The summed E-state index contributed by atoms with van der Waals surface area (Å²) < 4.78 is 18.9. The van der Waals surface area contributed by atoms with Gasteiger partial charge >= 0.3 is 0 Å². The predicted octanol–water partition coefficient (Wildman–Crippen LogP) is 4.90. The summed E-state index contributed by atoms with van der Waals surface area (Å²) >= 11 is 6.15. The lowest BCUT2D eigenvalue weighted by atomic mass is 10.0. The van der Waals surface area contributed by atoms with E-state index in [1.165, 1.54) is 37.4 Å². The number of carbonyl (C=O) groups is 2. The fourth-order valence-corrected chi connectivity index (χ4v) is 3.91. The first kappa shape index (κ1) is 21.6. The van der Waals surface area contributed by atoms with Gasteiger partial charge in [0.05, 0.1) is 18.4 Å². The number of ether oxygens (including phenoxy) is 1. The minimum Gasteiger partial charge on any atom is -0.495 e. The molecule has 1 aliphatic heterocycles. The number of likely N-dealkylation sites (N-methyl/N-ethyl adjacent to an activating group) is 1. The number of nitrogens with zero attached hydrogens (tertiary/aromatic N) is 2. The van der Waals surface area contributed by atoms with Gasteiger partial charge in [-0.25, -0.2) is 9.29 Å². The molecule has 162 valence electrons. The number of carbonyl (C=O) groups excluding carboxylic acids is 2. The highest BCUT2D eigenvalue weighted by atomic mass is 35.5. The number of rotatable bonds is 6. The lowest BCUT2D eigenvalue weighted by molar-refractivity contribution is -0.120. The highest BCUT2D eigenvalue weighted by molar-refractivity contribution is 6.46. The zero-order valence-electron chi connectivity index (χ0n) is 17.5. The number of halogens is 2. The van der Waals surface area contributed by atoms with Crippen molar-refractivity contribution in [3.8, 4) is 5.75 Å². The van der Waals surface area contributed by atoms with Crippen LogP contribution < -0.4 is 9.64 Å². The van der Waals surface area contributed by atoms with Crippen molar-refractivity contribution >= 4 is 34.7 Å². The Balaban J connectivity index is 1.83. The number of hydrogen-bond acceptors (Lipinski definition) is 4. The lowest BCUT2D eigenvalue weighted by Gasteiger charge is -2.22. The predicted molar refractivity (Wildman–Crippen MR) is 122 cm³/mol. The first-order chi connectivity index (χ1) is 15.4. The van der Waals surface area contributed by atoms with E-state index in [4.69, 9.17) is 16.3 Å². The lowest BCUT2D eigenvalue weighted by Crippen LogP contribution is -2.34. The Morgan fingerprint density at radius 3 is 2.31 bits per heavy atom. The number of hydrogen-bond donors (Lipinski definition) is 0. The maximum atomic E-state index is 13.6. The molecule has 0 fully saturated rings. The molecule has 0 saturated carbocycles. The molecule has 0 aromatic heterocycles. The molecule has 0 radical (unpaired) electrons. The zero-order valence-corrected chi connectivity index (χ0v) is 18.3. The summed E-state index contributed by atoms with van der Waals surface area (Å²) in [5.74, 6) is -1.13.